The fourth-order valence-corrected chi connectivity index (χ4v) is 7.68. The molecule has 0 aromatic heterocycles. The zero-order valence-electron chi connectivity index (χ0n) is 24.8. The van der Waals surface area contributed by atoms with E-state index >= 15 is 4.39 Å². The van der Waals surface area contributed by atoms with Crippen molar-refractivity contribution in [1.82, 2.24) is 5.32 Å². The number of alkyl halides is 1. The summed E-state index contributed by atoms with van der Waals surface area (Å²) in [5.74, 6) is -4.25. The van der Waals surface area contributed by atoms with E-state index in [-0.39, 0.29) is 25.0 Å². The van der Waals surface area contributed by atoms with Crippen LogP contribution in [0.4, 0.5) is 9.18 Å². The second kappa shape index (κ2) is 12.5. The first kappa shape index (κ1) is 34.6. The summed E-state index contributed by atoms with van der Waals surface area (Å²) in [6.45, 7) is -0.700. The molecule has 18 nitrogen and oxygen atoms in total. The van der Waals surface area contributed by atoms with E-state index in [1.54, 1.807) is 13.0 Å². The third kappa shape index (κ3) is 5.77. The maximum atomic E-state index is 17.2. The van der Waals surface area contributed by atoms with Gasteiger partial charge in [0.25, 0.3) is 10.2 Å². The van der Waals surface area contributed by atoms with Crippen LogP contribution in [0.5, 0.6) is 0 Å². The number of aliphatic hydroxyl groups is 3. The van der Waals surface area contributed by atoms with E-state index in [2.05, 4.69) is 14.4 Å². The standard InChI is InChI=1S/C27H34FN3O15/c1-24-6-5-15(32)7-14(24)3-4-17-18-8-19(33)27(38,25(18,2)9-20(34)26(17,24)28)21(35)13-44-23(37)29-10-22(36)43-11-16(46-31(41)42)12-45-30(39)40/h3,5-6,16-20,33-34,38H,4,7-13H2,1-2H3,(H,29,37)/t16?,17-,18-,19+,20-,24-,25-,26-,27-/m0/s1. The Morgan fingerprint density at radius 2 is 1.80 bits per heavy atom. The minimum Gasteiger partial charge on any atom is -0.462 e. The number of hydrogen-bond acceptors (Lipinski definition) is 15. The molecule has 0 aromatic carbocycles. The molecule has 4 N–H and O–H groups in total. The van der Waals surface area contributed by atoms with E-state index in [9.17, 15) is 54.7 Å². The van der Waals surface area contributed by atoms with Crippen molar-refractivity contribution in [3.63, 3.8) is 0 Å². The highest BCUT2D eigenvalue weighted by Crippen LogP contribution is 2.69. The summed E-state index contributed by atoms with van der Waals surface area (Å²) < 4.78 is 26.7. The lowest BCUT2D eigenvalue weighted by atomic mass is 9.45. The van der Waals surface area contributed by atoms with E-state index in [4.69, 9.17) is 4.74 Å². The predicted molar refractivity (Wildman–Crippen MR) is 145 cm³/mol. The Morgan fingerprint density at radius 3 is 2.46 bits per heavy atom. The molecule has 0 spiro atoms. The molecule has 0 aromatic rings. The monoisotopic (exact) mass is 659 g/mol. The smallest absolute Gasteiger partial charge is 0.408 e. The quantitative estimate of drug-likeness (QED) is 0.0905. The lowest BCUT2D eigenvalue weighted by Gasteiger charge is -2.61. The van der Waals surface area contributed by atoms with E-state index < -0.39 is 113 Å². The van der Waals surface area contributed by atoms with Gasteiger partial charge in [-0.25, -0.2) is 9.18 Å². The first-order chi connectivity index (χ1) is 21.4. The van der Waals surface area contributed by atoms with Gasteiger partial charge < -0.3 is 39.8 Å². The highest BCUT2D eigenvalue weighted by Gasteiger charge is 2.76. The number of Topliss-reactive ketones (excluding diaryl/α,β-unsaturated/α-hetero) is 1. The van der Waals surface area contributed by atoms with Crippen LogP contribution in [0.25, 0.3) is 0 Å². The maximum Gasteiger partial charge on any atom is 0.408 e. The highest BCUT2D eigenvalue weighted by atomic mass is 19.1. The molecular formula is C27H34FN3O15. The van der Waals surface area contributed by atoms with Crippen LogP contribution >= 0.6 is 0 Å². The number of fused-ring (bicyclic) bond motifs is 5. The van der Waals surface area contributed by atoms with Crippen molar-refractivity contribution in [1.29, 1.82) is 0 Å². The number of carbonyl (C=O) groups is 4. The van der Waals surface area contributed by atoms with Crippen LogP contribution < -0.4 is 5.32 Å². The van der Waals surface area contributed by atoms with Crippen LogP contribution in [0.3, 0.4) is 0 Å². The molecule has 0 saturated heterocycles. The number of esters is 1. The molecule has 19 heteroatoms. The van der Waals surface area contributed by atoms with E-state index in [0.29, 0.717) is 5.57 Å². The second-order valence-corrected chi connectivity index (χ2v) is 12.3. The van der Waals surface area contributed by atoms with Crippen molar-refractivity contribution in [3.8, 4) is 0 Å². The third-order valence-corrected chi connectivity index (χ3v) is 9.99. The second-order valence-electron chi connectivity index (χ2n) is 12.3. The van der Waals surface area contributed by atoms with E-state index in [0.717, 1.165) is 0 Å². The van der Waals surface area contributed by atoms with Crippen molar-refractivity contribution in [2.75, 3.05) is 26.4 Å². The first-order valence-electron chi connectivity index (χ1n) is 14.3. The van der Waals surface area contributed by atoms with Gasteiger partial charge in [-0.05, 0) is 38.2 Å². The Morgan fingerprint density at radius 1 is 1.11 bits per heavy atom. The van der Waals surface area contributed by atoms with Gasteiger partial charge >= 0.3 is 12.1 Å². The molecule has 9 atom stereocenters. The van der Waals surface area contributed by atoms with Gasteiger partial charge in [0.05, 0.1) is 12.2 Å². The molecule has 2 fully saturated rings. The largest absolute Gasteiger partial charge is 0.462 e. The minimum absolute atomic E-state index is 0.00232. The van der Waals surface area contributed by atoms with E-state index in [1.165, 1.54) is 19.1 Å². The summed E-state index contributed by atoms with van der Waals surface area (Å²) in [5.41, 5.74) is -7.18. The number of ether oxygens (including phenoxy) is 2. The lowest BCUT2D eigenvalue weighted by molar-refractivity contribution is -0.790. The van der Waals surface area contributed by atoms with Gasteiger partial charge in [0.15, 0.2) is 29.8 Å². The molecule has 4 aliphatic carbocycles. The van der Waals surface area contributed by atoms with Crippen LogP contribution in [-0.2, 0) is 33.5 Å². The van der Waals surface area contributed by atoms with Gasteiger partial charge in [0.2, 0.25) is 5.78 Å². The van der Waals surface area contributed by atoms with Gasteiger partial charge in [0.1, 0.15) is 19.8 Å². The molecule has 1 unspecified atom stereocenters. The van der Waals surface area contributed by atoms with Crippen molar-refractivity contribution in [3.05, 3.63) is 44.0 Å². The van der Waals surface area contributed by atoms with Crippen molar-refractivity contribution >= 4 is 23.6 Å². The number of halogens is 1. The number of amides is 1. The number of rotatable bonds is 12. The molecule has 1 amide bonds. The number of nitrogens with zero attached hydrogens (tertiary/aromatic N) is 2. The Kier molecular flexibility index (Phi) is 9.43. The molecule has 0 aliphatic heterocycles. The van der Waals surface area contributed by atoms with Gasteiger partial charge in [0, 0.05) is 23.2 Å². The van der Waals surface area contributed by atoms with Crippen molar-refractivity contribution < 1.29 is 68.2 Å². The summed E-state index contributed by atoms with van der Waals surface area (Å²) in [6, 6.07) is 0. The van der Waals surface area contributed by atoms with E-state index in [1.807, 2.05) is 5.32 Å². The number of hydrogen-bond donors (Lipinski definition) is 4. The lowest BCUT2D eigenvalue weighted by Crippen LogP contribution is -2.69. The van der Waals surface area contributed by atoms with Gasteiger partial charge in [-0.3, -0.25) is 14.4 Å². The van der Waals surface area contributed by atoms with Crippen LogP contribution in [0.15, 0.2) is 23.8 Å². The van der Waals surface area contributed by atoms with Crippen LogP contribution in [0.2, 0.25) is 0 Å². The molecule has 254 valence electrons. The zero-order chi connectivity index (χ0) is 34.2. The minimum atomic E-state index is -2.56. The summed E-state index contributed by atoms with van der Waals surface area (Å²) in [7, 11) is 0. The summed E-state index contributed by atoms with van der Waals surface area (Å²) >= 11 is 0. The number of aliphatic hydroxyl groups excluding tert-OH is 2. The maximum absolute atomic E-state index is 17.2. The Labute approximate surface area is 259 Å². The number of allylic oxidation sites excluding steroid dienone is 4. The molecule has 4 aliphatic rings. The molecule has 0 heterocycles. The normalized spacial score (nSPS) is 36.6. The molecule has 2 saturated carbocycles. The van der Waals surface area contributed by atoms with Crippen LogP contribution in [-0.4, -0.2) is 105 Å². The van der Waals surface area contributed by atoms with Crippen LogP contribution in [0, 0.1) is 42.9 Å². The number of alkyl carbamates (subject to hydrolysis) is 1. The van der Waals surface area contributed by atoms with Gasteiger partial charge in [-0.1, -0.05) is 24.6 Å². The molecule has 4 rings (SSSR count). The summed E-state index contributed by atoms with van der Waals surface area (Å²) in [5, 5.41) is 54.2. The zero-order valence-corrected chi connectivity index (χ0v) is 24.8. The number of carbonyl (C=O) groups excluding carboxylic acids is 4. The number of nitrogens with one attached hydrogen (secondary N) is 1. The molecule has 0 radical (unpaired) electrons. The fraction of sp³-hybridized carbons (Fsp3) is 0.704. The molecule has 0 bridgehead atoms. The highest BCUT2D eigenvalue weighted by molar-refractivity contribution is 5.94. The molecule has 46 heavy (non-hydrogen) atoms. The van der Waals surface area contributed by atoms with Crippen LogP contribution in [0.1, 0.15) is 39.5 Å². The fourth-order valence-electron chi connectivity index (χ4n) is 7.68. The Bertz CT molecular complexity index is 1370. The predicted octanol–water partition coefficient (Wildman–Crippen LogP) is -0.317. The van der Waals surface area contributed by atoms with Crippen molar-refractivity contribution in [2.45, 2.75) is 69.1 Å². The van der Waals surface area contributed by atoms with Gasteiger partial charge in [-0.2, -0.15) is 0 Å². The Hall–Kier alpha value is -4.23. The average molecular weight is 660 g/mol. The van der Waals surface area contributed by atoms with Crippen molar-refractivity contribution in [2.24, 2.45) is 22.7 Å². The SMILES string of the molecule is C[C@]12C=CC(=O)CC1=CC[C@H]1[C@@H]3C[C@@H](O)[C@](O)(C(=O)COC(=O)NCC(=O)OCC(CO[N+](=O)[O-])O[N+](=O)[O-])[C@@]3(C)C[C@H](O)[C@@]12F. The molecular weight excluding hydrogens is 625 g/mol. The summed E-state index contributed by atoms with van der Waals surface area (Å²) in [6.07, 6.45) is -2.48. The topological polar surface area (TPSA) is 264 Å². The summed E-state index contributed by atoms with van der Waals surface area (Å²) in [4.78, 5) is 78.3. The Balaban J connectivity index is 1.37. The average Bonchev–Trinajstić information content (AvgIpc) is 3.18. The number of ketones is 2. The first-order valence-corrected chi connectivity index (χ1v) is 14.3. The third-order valence-electron chi connectivity index (χ3n) is 9.99. The van der Waals surface area contributed by atoms with Gasteiger partial charge in [-0.15, -0.1) is 20.2 Å².